The molecule has 1 heterocycles. The second-order valence-electron chi connectivity index (χ2n) is 5.05. The molecule has 6 heteroatoms. The highest BCUT2D eigenvalue weighted by atomic mass is 16.8. The molecule has 0 unspecified atom stereocenters. The Morgan fingerprint density at radius 1 is 1.29 bits per heavy atom. The molecule has 0 aromatic heterocycles. The molecule has 2 N–H and O–H groups in total. The van der Waals surface area contributed by atoms with Crippen LogP contribution in [0.25, 0.3) is 0 Å². The Morgan fingerprint density at radius 2 is 1.88 bits per heavy atom. The second-order valence-corrected chi connectivity index (χ2v) is 5.05. The number of carbonyl (C=O) groups is 2. The molecular formula is C11H17NO5. The lowest BCUT2D eigenvalue weighted by atomic mass is 10.1. The number of hydrogen-bond acceptors (Lipinski definition) is 4. The molecule has 1 saturated heterocycles. The van der Waals surface area contributed by atoms with Gasteiger partial charge in [0.1, 0.15) is 12.2 Å². The van der Waals surface area contributed by atoms with Crippen molar-refractivity contribution in [2.24, 2.45) is 5.92 Å². The summed E-state index contributed by atoms with van der Waals surface area (Å²) in [5.74, 6) is -2.51. The fourth-order valence-electron chi connectivity index (χ4n) is 2.62. The molecule has 0 aromatic carbocycles. The summed E-state index contributed by atoms with van der Waals surface area (Å²) < 4.78 is 11.3. The van der Waals surface area contributed by atoms with Gasteiger partial charge in [0.15, 0.2) is 5.79 Å². The molecule has 0 bridgehead atoms. The van der Waals surface area contributed by atoms with Crippen molar-refractivity contribution in [3.8, 4) is 0 Å². The van der Waals surface area contributed by atoms with Crippen molar-refractivity contribution in [3.05, 3.63) is 0 Å². The van der Waals surface area contributed by atoms with Crippen molar-refractivity contribution in [1.82, 2.24) is 5.32 Å². The van der Waals surface area contributed by atoms with Crippen LogP contribution in [0.15, 0.2) is 0 Å². The Hall–Kier alpha value is -1.14. The fourth-order valence-corrected chi connectivity index (χ4v) is 2.62. The van der Waals surface area contributed by atoms with Gasteiger partial charge in [-0.1, -0.05) is 0 Å². The Bertz CT molecular complexity index is 354. The van der Waals surface area contributed by atoms with E-state index in [-0.39, 0.29) is 18.1 Å². The van der Waals surface area contributed by atoms with E-state index >= 15 is 0 Å². The maximum absolute atomic E-state index is 11.1. The third-order valence-corrected chi connectivity index (χ3v) is 3.17. The van der Waals surface area contributed by atoms with Crippen molar-refractivity contribution in [2.75, 3.05) is 0 Å². The summed E-state index contributed by atoms with van der Waals surface area (Å²) in [6.45, 7) is 4.90. The SMILES string of the molecule is CC(=O)N[C@@H]1C[C@H](C(=O)O)[C@H]2OC(C)(C)O[C@H]21. The molecule has 1 saturated carbocycles. The highest BCUT2D eigenvalue weighted by molar-refractivity contribution is 5.75. The number of carboxylic acid groups (broad SMARTS) is 1. The summed E-state index contributed by atoms with van der Waals surface area (Å²) in [5.41, 5.74) is 0. The molecule has 96 valence electrons. The average Bonchev–Trinajstić information content (AvgIpc) is 2.60. The smallest absolute Gasteiger partial charge is 0.309 e. The number of carbonyl (C=O) groups excluding carboxylic acids is 1. The monoisotopic (exact) mass is 243 g/mol. The first-order valence-electron chi connectivity index (χ1n) is 5.66. The predicted octanol–water partition coefficient (Wildman–Crippen LogP) is 0.116. The minimum atomic E-state index is -0.908. The zero-order chi connectivity index (χ0) is 12.8. The second kappa shape index (κ2) is 3.96. The lowest BCUT2D eigenvalue weighted by Gasteiger charge is -2.22. The van der Waals surface area contributed by atoms with E-state index in [2.05, 4.69) is 5.32 Å². The van der Waals surface area contributed by atoms with Crippen LogP contribution in [0.4, 0.5) is 0 Å². The fraction of sp³-hybridized carbons (Fsp3) is 0.818. The molecule has 2 aliphatic rings. The topological polar surface area (TPSA) is 84.9 Å². The van der Waals surface area contributed by atoms with Crippen LogP contribution in [0.1, 0.15) is 27.2 Å². The van der Waals surface area contributed by atoms with Crippen molar-refractivity contribution < 1.29 is 24.2 Å². The predicted molar refractivity (Wildman–Crippen MR) is 57.2 cm³/mol. The van der Waals surface area contributed by atoms with E-state index in [4.69, 9.17) is 14.6 Å². The van der Waals surface area contributed by atoms with Crippen LogP contribution in [0.2, 0.25) is 0 Å². The number of carboxylic acids is 1. The highest BCUT2D eigenvalue weighted by Crippen LogP contribution is 2.41. The summed E-state index contributed by atoms with van der Waals surface area (Å²) in [6, 6.07) is -0.291. The van der Waals surface area contributed by atoms with Crippen molar-refractivity contribution in [1.29, 1.82) is 0 Å². The summed E-state index contributed by atoms with van der Waals surface area (Å²) in [7, 11) is 0. The van der Waals surface area contributed by atoms with Crippen LogP contribution in [0.3, 0.4) is 0 Å². The first-order valence-corrected chi connectivity index (χ1v) is 5.66. The average molecular weight is 243 g/mol. The first kappa shape index (κ1) is 12.3. The molecule has 2 fully saturated rings. The van der Waals surface area contributed by atoms with Gasteiger partial charge < -0.3 is 19.9 Å². The Morgan fingerprint density at radius 3 is 2.41 bits per heavy atom. The van der Waals surface area contributed by atoms with Gasteiger partial charge in [-0.3, -0.25) is 9.59 Å². The van der Waals surface area contributed by atoms with Crippen LogP contribution in [-0.2, 0) is 19.1 Å². The maximum Gasteiger partial charge on any atom is 0.309 e. The zero-order valence-electron chi connectivity index (χ0n) is 10.1. The quantitative estimate of drug-likeness (QED) is 0.719. The molecular weight excluding hydrogens is 226 g/mol. The van der Waals surface area contributed by atoms with Crippen LogP contribution in [0, 0.1) is 5.92 Å². The summed E-state index contributed by atoms with van der Waals surface area (Å²) in [5, 5.41) is 11.9. The van der Waals surface area contributed by atoms with Crippen LogP contribution >= 0.6 is 0 Å². The standard InChI is InChI=1S/C11H17NO5/c1-5(13)12-7-4-6(10(14)15)8-9(7)17-11(2,3)16-8/h6-9H,4H2,1-3H3,(H,12,13)(H,14,15)/t6-,7+,8+,9-/m0/s1. The molecule has 1 amide bonds. The Kier molecular flexibility index (Phi) is 2.87. The molecule has 17 heavy (non-hydrogen) atoms. The largest absolute Gasteiger partial charge is 0.481 e. The third kappa shape index (κ3) is 2.28. The van der Waals surface area contributed by atoms with Gasteiger partial charge in [-0.25, -0.2) is 0 Å². The van der Waals surface area contributed by atoms with Gasteiger partial charge in [-0.05, 0) is 20.3 Å². The number of hydrogen-bond donors (Lipinski definition) is 2. The van der Waals surface area contributed by atoms with Crippen molar-refractivity contribution in [2.45, 2.75) is 51.2 Å². The summed E-state index contributed by atoms with van der Waals surface area (Å²) >= 11 is 0. The van der Waals surface area contributed by atoms with Gasteiger partial charge >= 0.3 is 5.97 Å². The number of fused-ring (bicyclic) bond motifs is 1. The molecule has 0 radical (unpaired) electrons. The van der Waals surface area contributed by atoms with Crippen LogP contribution in [0.5, 0.6) is 0 Å². The number of nitrogens with one attached hydrogen (secondary N) is 1. The Labute approximate surface area is 99.3 Å². The molecule has 1 aliphatic carbocycles. The maximum atomic E-state index is 11.1. The van der Waals surface area contributed by atoms with Gasteiger partial charge in [-0.2, -0.15) is 0 Å². The van der Waals surface area contributed by atoms with Crippen LogP contribution in [-0.4, -0.2) is 41.0 Å². The third-order valence-electron chi connectivity index (χ3n) is 3.17. The van der Waals surface area contributed by atoms with Gasteiger partial charge in [0, 0.05) is 6.92 Å². The number of amides is 1. The Balaban J connectivity index is 2.17. The zero-order valence-corrected chi connectivity index (χ0v) is 10.1. The molecule has 1 aliphatic heterocycles. The minimum absolute atomic E-state index is 0.187. The summed E-state index contributed by atoms with van der Waals surface area (Å²) in [4.78, 5) is 22.2. The first-order chi connectivity index (χ1) is 7.80. The van der Waals surface area contributed by atoms with E-state index < -0.39 is 23.8 Å². The van der Waals surface area contributed by atoms with Crippen LogP contribution < -0.4 is 5.32 Å². The molecule has 6 nitrogen and oxygen atoms in total. The normalized spacial score (nSPS) is 38.8. The minimum Gasteiger partial charge on any atom is -0.481 e. The highest BCUT2D eigenvalue weighted by Gasteiger charge is 2.56. The number of ether oxygens (including phenoxy) is 2. The summed E-state index contributed by atoms with van der Waals surface area (Å²) in [6.07, 6.45) is -0.519. The van der Waals surface area contributed by atoms with Crippen molar-refractivity contribution >= 4 is 11.9 Å². The van der Waals surface area contributed by atoms with Gasteiger partial charge in [0.25, 0.3) is 0 Å². The van der Waals surface area contributed by atoms with E-state index in [1.165, 1.54) is 6.92 Å². The lowest BCUT2D eigenvalue weighted by Crippen LogP contribution is -2.41. The van der Waals surface area contributed by atoms with E-state index in [0.717, 1.165) is 0 Å². The molecule has 0 aromatic rings. The molecule has 4 atom stereocenters. The van der Waals surface area contributed by atoms with Crippen molar-refractivity contribution in [3.63, 3.8) is 0 Å². The lowest BCUT2D eigenvalue weighted by molar-refractivity contribution is -0.167. The van der Waals surface area contributed by atoms with E-state index in [9.17, 15) is 9.59 Å². The molecule has 2 rings (SSSR count). The number of rotatable bonds is 2. The molecule has 0 spiro atoms. The van der Waals surface area contributed by atoms with E-state index in [0.29, 0.717) is 6.42 Å². The van der Waals surface area contributed by atoms with E-state index in [1.54, 1.807) is 13.8 Å². The van der Waals surface area contributed by atoms with Gasteiger partial charge in [-0.15, -0.1) is 0 Å². The number of aliphatic carboxylic acids is 1. The van der Waals surface area contributed by atoms with Gasteiger partial charge in [0.05, 0.1) is 12.0 Å². The van der Waals surface area contributed by atoms with E-state index in [1.807, 2.05) is 0 Å². The van der Waals surface area contributed by atoms with Gasteiger partial charge in [0.2, 0.25) is 5.91 Å².